The summed E-state index contributed by atoms with van der Waals surface area (Å²) in [5.74, 6) is 0.184. The summed E-state index contributed by atoms with van der Waals surface area (Å²) in [6, 6.07) is 70.0. The van der Waals surface area contributed by atoms with Crippen molar-refractivity contribution in [2.24, 2.45) is 0 Å². The predicted molar refractivity (Wildman–Crippen MR) is 239 cm³/mol. The Labute approximate surface area is 334 Å². The Kier molecular flexibility index (Phi) is 7.52. The quantitative estimate of drug-likeness (QED) is 0.148. The van der Waals surface area contributed by atoms with Crippen molar-refractivity contribution in [3.63, 3.8) is 0 Å². The summed E-state index contributed by atoms with van der Waals surface area (Å²) in [7, 11) is 0. The molecule has 0 aliphatic heterocycles. The van der Waals surface area contributed by atoms with Crippen LogP contribution < -0.4 is 4.90 Å². The van der Waals surface area contributed by atoms with Crippen LogP contribution in [0.1, 0.15) is 50.4 Å². The molecule has 0 amide bonds. The van der Waals surface area contributed by atoms with Gasteiger partial charge in [-0.2, -0.15) is 0 Å². The summed E-state index contributed by atoms with van der Waals surface area (Å²) in [5.41, 5.74) is 22.2. The fourth-order valence-electron chi connectivity index (χ4n) is 10.3. The van der Waals surface area contributed by atoms with E-state index in [1.54, 1.807) is 0 Å². The number of benzene rings is 8. The summed E-state index contributed by atoms with van der Waals surface area (Å²) in [5, 5.41) is 0. The first-order chi connectivity index (χ1) is 28.2. The Morgan fingerprint density at radius 3 is 1.49 bits per heavy atom. The third kappa shape index (κ3) is 4.70. The molecule has 57 heavy (non-hydrogen) atoms. The number of hydrogen-bond acceptors (Lipinski definition) is 1. The van der Waals surface area contributed by atoms with E-state index in [1.807, 2.05) is 18.2 Å². The van der Waals surface area contributed by atoms with E-state index in [9.17, 15) is 0 Å². The minimum Gasteiger partial charge on any atom is -0.310 e. The van der Waals surface area contributed by atoms with Crippen LogP contribution in [0, 0.1) is 0 Å². The molecule has 0 unspecified atom stereocenters. The van der Waals surface area contributed by atoms with E-state index in [0.29, 0.717) is 0 Å². The first-order valence-electron chi connectivity index (χ1n) is 19.8. The van der Waals surface area contributed by atoms with Crippen LogP contribution >= 0.6 is 0 Å². The molecule has 1 spiro atoms. The van der Waals surface area contributed by atoms with Gasteiger partial charge in [-0.05, 0) is 108 Å². The molecule has 3 aliphatic carbocycles. The van der Waals surface area contributed by atoms with Gasteiger partial charge in [-0.3, -0.25) is 0 Å². The zero-order valence-electron chi connectivity index (χ0n) is 31.6. The second kappa shape index (κ2) is 12.9. The Hall–Kier alpha value is -7.22. The van der Waals surface area contributed by atoms with Gasteiger partial charge in [0.15, 0.2) is 0 Å². The fourth-order valence-corrected chi connectivity index (χ4v) is 10.3. The summed E-state index contributed by atoms with van der Waals surface area (Å²) >= 11 is 0. The zero-order valence-corrected chi connectivity index (χ0v) is 31.6. The molecule has 0 heterocycles. The molecule has 8 aromatic rings. The van der Waals surface area contributed by atoms with Crippen molar-refractivity contribution in [2.45, 2.75) is 11.3 Å². The van der Waals surface area contributed by atoms with Crippen LogP contribution in [0.2, 0.25) is 0 Å². The van der Waals surface area contributed by atoms with Crippen LogP contribution in [-0.2, 0) is 5.41 Å². The van der Waals surface area contributed by atoms with Crippen molar-refractivity contribution in [3.8, 4) is 33.4 Å². The van der Waals surface area contributed by atoms with Crippen LogP contribution in [0.4, 0.5) is 17.1 Å². The highest BCUT2D eigenvalue weighted by Crippen LogP contribution is 2.64. The van der Waals surface area contributed by atoms with Crippen molar-refractivity contribution in [1.82, 2.24) is 0 Å². The van der Waals surface area contributed by atoms with Crippen molar-refractivity contribution in [1.29, 1.82) is 0 Å². The highest BCUT2D eigenvalue weighted by molar-refractivity contribution is 6.01. The van der Waals surface area contributed by atoms with E-state index in [1.165, 1.54) is 72.3 Å². The topological polar surface area (TPSA) is 3.24 Å². The van der Waals surface area contributed by atoms with E-state index >= 15 is 0 Å². The van der Waals surface area contributed by atoms with Crippen molar-refractivity contribution < 1.29 is 0 Å². The van der Waals surface area contributed by atoms with E-state index in [4.69, 9.17) is 0 Å². The van der Waals surface area contributed by atoms with Gasteiger partial charge in [0.05, 0.1) is 11.1 Å². The molecule has 0 radical (unpaired) electrons. The second-order valence-electron chi connectivity index (χ2n) is 15.2. The van der Waals surface area contributed by atoms with Gasteiger partial charge in [0.25, 0.3) is 0 Å². The number of anilines is 3. The molecule has 0 N–H and O–H groups in total. The van der Waals surface area contributed by atoms with Gasteiger partial charge in [-0.15, -0.1) is 0 Å². The van der Waals surface area contributed by atoms with Gasteiger partial charge < -0.3 is 4.90 Å². The molecular formula is C56H39N. The van der Waals surface area contributed by atoms with Gasteiger partial charge >= 0.3 is 0 Å². The van der Waals surface area contributed by atoms with Gasteiger partial charge in [-0.1, -0.05) is 189 Å². The van der Waals surface area contributed by atoms with Crippen LogP contribution in [0.5, 0.6) is 0 Å². The molecular weight excluding hydrogens is 687 g/mol. The molecule has 1 nitrogen and oxygen atoms in total. The normalized spacial score (nSPS) is 13.9. The first-order valence-corrected chi connectivity index (χ1v) is 19.8. The molecule has 0 saturated carbocycles. The summed E-state index contributed by atoms with van der Waals surface area (Å²) in [4.78, 5) is 2.45. The fraction of sp³-hybridized carbons (Fsp3) is 0.0357. The zero-order chi connectivity index (χ0) is 38.1. The highest BCUT2D eigenvalue weighted by Gasteiger charge is 2.52. The van der Waals surface area contributed by atoms with Crippen LogP contribution in [0.25, 0.3) is 39.0 Å². The summed E-state index contributed by atoms with van der Waals surface area (Å²) in [6.07, 6.45) is 5.72. The van der Waals surface area contributed by atoms with Crippen molar-refractivity contribution in [3.05, 3.63) is 264 Å². The average Bonchev–Trinajstić information content (AvgIpc) is 3.89. The molecule has 0 aromatic heterocycles. The monoisotopic (exact) mass is 725 g/mol. The van der Waals surface area contributed by atoms with Gasteiger partial charge in [0.1, 0.15) is 0 Å². The second-order valence-corrected chi connectivity index (χ2v) is 15.2. The number of rotatable bonds is 7. The Morgan fingerprint density at radius 2 is 0.930 bits per heavy atom. The SMILES string of the molecule is C=C/C=C(\C=C)c1ccc(N(c2ccc(C3c4ccccc4-c4ccccc43)cc2)c2cccc3c2-c2ccccc2C32c3ccccc3-c3ccccc32)cc1. The number of nitrogens with zero attached hydrogens (tertiary/aromatic N) is 1. The third-order valence-corrected chi connectivity index (χ3v) is 12.5. The lowest BCUT2D eigenvalue weighted by Gasteiger charge is -2.32. The lowest BCUT2D eigenvalue weighted by Crippen LogP contribution is -2.26. The maximum absolute atomic E-state index is 4.08. The average molecular weight is 726 g/mol. The summed E-state index contributed by atoms with van der Waals surface area (Å²) in [6.45, 7) is 8.02. The van der Waals surface area contributed by atoms with Crippen molar-refractivity contribution >= 4 is 22.6 Å². The van der Waals surface area contributed by atoms with Crippen molar-refractivity contribution in [2.75, 3.05) is 4.90 Å². The third-order valence-electron chi connectivity index (χ3n) is 12.5. The Balaban J connectivity index is 1.13. The standard InChI is InChI=1S/C56H39N/c1-3-16-37(4-2)38-29-33-40(34-30-38)57(41-35-31-39(32-36-41)54-46-21-7-5-17-42(46)43-18-6-8-22-47(43)54)53-28-15-27-52-55(53)48-23-11-14-26-51(48)56(52)49-24-12-9-19-44(49)45-20-10-13-25-50(45)56/h3-36,54H,1-2H2/b37-16+. The maximum atomic E-state index is 4.08. The molecule has 0 saturated heterocycles. The Bertz CT molecular complexity index is 2850. The smallest absolute Gasteiger partial charge is 0.0726 e. The first kappa shape index (κ1) is 33.1. The molecule has 0 bridgehead atoms. The van der Waals surface area contributed by atoms with Crippen LogP contribution in [0.15, 0.2) is 219 Å². The number of allylic oxidation sites excluding steroid dienone is 4. The van der Waals surface area contributed by atoms with Crippen LogP contribution in [-0.4, -0.2) is 0 Å². The van der Waals surface area contributed by atoms with Gasteiger partial charge in [0, 0.05) is 22.9 Å². The lowest BCUT2D eigenvalue weighted by molar-refractivity contribution is 0.794. The number of hydrogen-bond donors (Lipinski definition) is 0. The molecule has 8 aromatic carbocycles. The lowest BCUT2D eigenvalue weighted by atomic mass is 9.70. The maximum Gasteiger partial charge on any atom is 0.0726 e. The van der Waals surface area contributed by atoms with E-state index in [-0.39, 0.29) is 5.92 Å². The van der Waals surface area contributed by atoms with E-state index in [2.05, 4.69) is 206 Å². The molecule has 0 atom stereocenters. The van der Waals surface area contributed by atoms with Crippen LogP contribution in [0.3, 0.4) is 0 Å². The number of fused-ring (bicyclic) bond motifs is 13. The molecule has 11 rings (SSSR count). The minimum absolute atomic E-state index is 0.184. The molecule has 3 aliphatic rings. The summed E-state index contributed by atoms with van der Waals surface area (Å²) < 4.78 is 0. The highest BCUT2D eigenvalue weighted by atomic mass is 15.1. The predicted octanol–water partition coefficient (Wildman–Crippen LogP) is 14.4. The van der Waals surface area contributed by atoms with Gasteiger partial charge in [0.2, 0.25) is 0 Å². The Morgan fingerprint density at radius 1 is 0.456 bits per heavy atom. The van der Waals surface area contributed by atoms with Gasteiger partial charge in [-0.25, -0.2) is 0 Å². The van der Waals surface area contributed by atoms with E-state index < -0.39 is 5.41 Å². The molecule has 268 valence electrons. The molecule has 0 fully saturated rings. The molecule has 1 heteroatoms. The minimum atomic E-state index is -0.424. The van der Waals surface area contributed by atoms with E-state index in [0.717, 1.165) is 28.2 Å². The largest absolute Gasteiger partial charge is 0.310 e.